The van der Waals surface area contributed by atoms with E-state index < -0.39 is 17.8 Å². The number of rotatable bonds is 6. The first-order valence-electron chi connectivity index (χ1n) is 10.1. The lowest BCUT2D eigenvalue weighted by Gasteiger charge is -2.26. The Balaban J connectivity index is 1.58. The minimum atomic E-state index is -0.889. The molecule has 4 rings (SSSR count). The van der Waals surface area contributed by atoms with Gasteiger partial charge in [-0.2, -0.15) is 0 Å². The molecule has 1 saturated heterocycles. The zero-order valence-electron chi connectivity index (χ0n) is 17.9. The Bertz CT molecular complexity index is 1290. The van der Waals surface area contributed by atoms with Crippen LogP contribution in [0.15, 0.2) is 72.3 Å². The van der Waals surface area contributed by atoms with Gasteiger partial charge in [-0.1, -0.05) is 18.2 Å². The predicted octanol–water partition coefficient (Wildman–Crippen LogP) is 3.79. The summed E-state index contributed by atoms with van der Waals surface area (Å²) in [5, 5.41) is 11.6. The Hall–Kier alpha value is -4.66. The van der Waals surface area contributed by atoms with Gasteiger partial charge in [0.15, 0.2) is 11.5 Å². The molecule has 0 atom stereocenters. The minimum Gasteiger partial charge on any atom is -0.508 e. The number of hydrogen-bond donors (Lipinski definition) is 2. The number of phenolic OH excluding ortho intramolecular Hbond substituents is 1. The van der Waals surface area contributed by atoms with Gasteiger partial charge in [0.2, 0.25) is 0 Å². The van der Waals surface area contributed by atoms with E-state index in [0.717, 1.165) is 10.5 Å². The monoisotopic (exact) mass is 462 g/mol. The van der Waals surface area contributed by atoms with E-state index in [1.54, 1.807) is 30.3 Å². The second-order valence-electron chi connectivity index (χ2n) is 7.30. The molecule has 1 fully saturated rings. The number of aromatic hydroxyl groups is 1. The maximum atomic E-state index is 13.1. The maximum Gasteiger partial charge on any atom is 0.335 e. The molecule has 0 aromatic heterocycles. The summed E-state index contributed by atoms with van der Waals surface area (Å²) in [4.78, 5) is 38.4. The van der Waals surface area contributed by atoms with Gasteiger partial charge in [-0.25, -0.2) is 14.1 Å². The molecule has 0 bridgehead atoms. The number of carbonyl (C=O) groups excluding carboxylic acids is 3. The minimum absolute atomic E-state index is 0.0331. The molecular formula is C25H19FN2O6. The molecule has 0 saturated carbocycles. The van der Waals surface area contributed by atoms with E-state index in [1.807, 2.05) is 0 Å². The number of halogens is 1. The number of hydrogen-bond acceptors (Lipinski definition) is 6. The number of anilines is 1. The standard InChI is InChI=1S/C25H19FN2O6/c1-33-22-13-16(4-11-21(22)34-14-15-2-5-17(26)6-3-15)12-20-23(30)27-25(32)28(24(20)31)18-7-9-19(29)10-8-18/h2-13,29H,14H2,1H3,(H,27,30,32)/b20-12+. The van der Waals surface area contributed by atoms with Crippen molar-refractivity contribution in [1.82, 2.24) is 5.32 Å². The Morgan fingerprint density at radius 2 is 1.68 bits per heavy atom. The van der Waals surface area contributed by atoms with Gasteiger partial charge in [-0.3, -0.25) is 14.9 Å². The average Bonchev–Trinajstić information content (AvgIpc) is 2.83. The van der Waals surface area contributed by atoms with Gasteiger partial charge in [0.25, 0.3) is 11.8 Å². The first-order chi connectivity index (χ1) is 16.4. The molecule has 0 radical (unpaired) electrons. The average molecular weight is 462 g/mol. The lowest BCUT2D eigenvalue weighted by Crippen LogP contribution is -2.54. The Labute approximate surface area is 193 Å². The second kappa shape index (κ2) is 9.45. The number of barbiturate groups is 1. The number of amides is 4. The molecule has 34 heavy (non-hydrogen) atoms. The number of benzene rings is 3. The fourth-order valence-corrected chi connectivity index (χ4v) is 3.30. The molecule has 2 N–H and O–H groups in total. The summed E-state index contributed by atoms with van der Waals surface area (Å²) in [6.45, 7) is 0.182. The smallest absolute Gasteiger partial charge is 0.335 e. The largest absolute Gasteiger partial charge is 0.508 e. The highest BCUT2D eigenvalue weighted by Crippen LogP contribution is 2.30. The summed E-state index contributed by atoms with van der Waals surface area (Å²) in [7, 11) is 1.45. The van der Waals surface area contributed by atoms with Gasteiger partial charge in [0.1, 0.15) is 23.7 Å². The summed E-state index contributed by atoms with van der Waals surface area (Å²) < 4.78 is 24.2. The van der Waals surface area contributed by atoms with Gasteiger partial charge in [0.05, 0.1) is 12.8 Å². The van der Waals surface area contributed by atoms with Gasteiger partial charge in [0, 0.05) is 0 Å². The summed E-state index contributed by atoms with van der Waals surface area (Å²) in [6.07, 6.45) is 1.34. The summed E-state index contributed by atoms with van der Waals surface area (Å²) >= 11 is 0. The Kier molecular flexibility index (Phi) is 6.26. The molecule has 1 heterocycles. The Morgan fingerprint density at radius 3 is 2.35 bits per heavy atom. The number of imide groups is 2. The molecule has 8 nitrogen and oxygen atoms in total. The number of nitrogens with zero attached hydrogens (tertiary/aromatic N) is 1. The fraction of sp³-hybridized carbons (Fsp3) is 0.0800. The van der Waals surface area contributed by atoms with Crippen molar-refractivity contribution < 1.29 is 33.4 Å². The van der Waals surface area contributed by atoms with Crippen LogP contribution >= 0.6 is 0 Å². The Morgan fingerprint density at radius 1 is 0.971 bits per heavy atom. The molecule has 3 aromatic rings. The van der Waals surface area contributed by atoms with E-state index in [-0.39, 0.29) is 29.4 Å². The molecular weight excluding hydrogens is 443 g/mol. The van der Waals surface area contributed by atoms with Crippen molar-refractivity contribution in [3.05, 3.63) is 89.2 Å². The van der Waals surface area contributed by atoms with Crippen molar-refractivity contribution >= 4 is 29.6 Å². The van der Waals surface area contributed by atoms with Crippen LogP contribution in [0.25, 0.3) is 6.08 Å². The van der Waals surface area contributed by atoms with Gasteiger partial charge < -0.3 is 14.6 Å². The first kappa shape index (κ1) is 22.5. The van der Waals surface area contributed by atoms with Crippen molar-refractivity contribution in [2.75, 3.05) is 12.0 Å². The van der Waals surface area contributed by atoms with Gasteiger partial charge in [-0.05, 0) is 65.7 Å². The van der Waals surface area contributed by atoms with Crippen LogP contribution in [0.4, 0.5) is 14.9 Å². The normalized spacial score (nSPS) is 14.8. The summed E-state index contributed by atoms with van der Waals surface area (Å²) in [5.41, 5.74) is 1.16. The van der Waals surface area contributed by atoms with Crippen LogP contribution < -0.4 is 19.7 Å². The van der Waals surface area contributed by atoms with Crippen molar-refractivity contribution in [2.24, 2.45) is 0 Å². The van der Waals surface area contributed by atoms with Crippen molar-refractivity contribution in [2.45, 2.75) is 6.61 Å². The number of methoxy groups -OCH3 is 1. The van der Waals surface area contributed by atoms with Crippen molar-refractivity contribution in [3.8, 4) is 17.2 Å². The molecule has 0 spiro atoms. The van der Waals surface area contributed by atoms with E-state index in [2.05, 4.69) is 5.32 Å². The zero-order valence-corrected chi connectivity index (χ0v) is 17.9. The number of ether oxygens (including phenoxy) is 2. The van der Waals surface area contributed by atoms with E-state index >= 15 is 0 Å². The van der Waals surface area contributed by atoms with Crippen LogP contribution in [-0.2, 0) is 16.2 Å². The van der Waals surface area contributed by atoms with E-state index in [4.69, 9.17) is 9.47 Å². The third kappa shape index (κ3) is 4.73. The third-order valence-corrected chi connectivity index (χ3v) is 5.02. The second-order valence-corrected chi connectivity index (χ2v) is 7.30. The topological polar surface area (TPSA) is 105 Å². The van der Waals surface area contributed by atoms with Crippen LogP contribution in [0, 0.1) is 5.82 Å². The predicted molar refractivity (Wildman–Crippen MR) is 121 cm³/mol. The fourth-order valence-electron chi connectivity index (χ4n) is 3.30. The zero-order chi connectivity index (χ0) is 24.2. The van der Waals surface area contributed by atoms with Gasteiger partial charge >= 0.3 is 6.03 Å². The molecule has 9 heteroatoms. The van der Waals surface area contributed by atoms with Crippen molar-refractivity contribution in [1.29, 1.82) is 0 Å². The number of urea groups is 1. The number of phenols is 1. The molecule has 0 unspecified atom stereocenters. The van der Waals surface area contributed by atoms with E-state index in [1.165, 1.54) is 49.6 Å². The SMILES string of the molecule is COc1cc(/C=C2\C(=O)NC(=O)N(c3ccc(O)cc3)C2=O)ccc1OCc1ccc(F)cc1. The molecule has 4 amide bonds. The van der Waals surface area contributed by atoms with Crippen molar-refractivity contribution in [3.63, 3.8) is 0 Å². The van der Waals surface area contributed by atoms with Crippen LogP contribution in [0.1, 0.15) is 11.1 Å². The van der Waals surface area contributed by atoms with Crippen LogP contribution in [0.3, 0.4) is 0 Å². The molecule has 3 aromatic carbocycles. The molecule has 0 aliphatic carbocycles. The highest BCUT2D eigenvalue weighted by atomic mass is 19.1. The third-order valence-electron chi connectivity index (χ3n) is 5.02. The molecule has 172 valence electrons. The summed E-state index contributed by atoms with van der Waals surface area (Å²) in [5.74, 6) is -1.25. The highest BCUT2D eigenvalue weighted by Gasteiger charge is 2.36. The van der Waals surface area contributed by atoms with Crippen LogP contribution in [-0.4, -0.2) is 30.1 Å². The first-order valence-corrected chi connectivity index (χ1v) is 10.1. The van der Waals surface area contributed by atoms with Gasteiger partial charge in [-0.15, -0.1) is 0 Å². The van der Waals surface area contributed by atoms with Crippen LogP contribution in [0.2, 0.25) is 0 Å². The van der Waals surface area contributed by atoms with Crippen LogP contribution in [0.5, 0.6) is 17.2 Å². The highest BCUT2D eigenvalue weighted by molar-refractivity contribution is 6.39. The number of carbonyl (C=O) groups is 3. The van der Waals surface area contributed by atoms with E-state index in [9.17, 15) is 23.9 Å². The molecule has 1 aliphatic rings. The quantitative estimate of drug-likeness (QED) is 0.427. The maximum absolute atomic E-state index is 13.1. The number of nitrogens with one attached hydrogen (secondary N) is 1. The lowest BCUT2D eigenvalue weighted by atomic mass is 10.1. The molecule has 1 aliphatic heterocycles. The van der Waals surface area contributed by atoms with E-state index in [0.29, 0.717) is 17.1 Å². The summed E-state index contributed by atoms with van der Waals surface area (Å²) in [6, 6.07) is 15.2. The lowest BCUT2D eigenvalue weighted by molar-refractivity contribution is -0.122.